The lowest BCUT2D eigenvalue weighted by Gasteiger charge is -2.40. The van der Waals surface area contributed by atoms with Gasteiger partial charge in [0.2, 0.25) is 5.91 Å². The largest absolute Gasteiger partial charge is 0.369 e. The van der Waals surface area contributed by atoms with Crippen LogP contribution >= 0.6 is 0 Å². The van der Waals surface area contributed by atoms with Crippen LogP contribution in [0.4, 0.5) is 0 Å². The van der Waals surface area contributed by atoms with Gasteiger partial charge in [0.1, 0.15) is 0 Å². The zero-order valence-electron chi connectivity index (χ0n) is 7.71. The van der Waals surface area contributed by atoms with Gasteiger partial charge in [-0.25, -0.2) is 0 Å². The van der Waals surface area contributed by atoms with Crippen LogP contribution < -0.4 is 11.1 Å². The number of nitrogens with zero attached hydrogens (tertiary/aromatic N) is 1. The third-order valence-corrected chi connectivity index (χ3v) is 2.23. The lowest BCUT2D eigenvalue weighted by atomic mass is 10.1. The summed E-state index contributed by atoms with van der Waals surface area (Å²) in [6, 6.07) is 0.891. The van der Waals surface area contributed by atoms with Gasteiger partial charge < -0.3 is 11.1 Å². The molecule has 0 saturated carbocycles. The number of amides is 1. The minimum Gasteiger partial charge on any atom is -0.369 e. The lowest BCUT2D eigenvalue weighted by molar-refractivity contribution is -0.120. The molecule has 1 amide bonds. The van der Waals surface area contributed by atoms with Gasteiger partial charge in [-0.1, -0.05) is 0 Å². The molecule has 0 aromatic carbocycles. The minimum atomic E-state index is -0.240. The molecule has 4 heteroatoms. The first-order chi connectivity index (χ1) is 5.61. The number of carbonyl (C=O) groups excluding carboxylic acids is 1. The zero-order chi connectivity index (χ0) is 9.14. The Morgan fingerprint density at radius 2 is 2.25 bits per heavy atom. The van der Waals surface area contributed by atoms with Crippen molar-refractivity contribution in [3.8, 4) is 0 Å². The highest BCUT2D eigenvalue weighted by Gasteiger charge is 2.27. The van der Waals surface area contributed by atoms with E-state index in [0.717, 1.165) is 13.1 Å². The van der Waals surface area contributed by atoms with E-state index in [0.29, 0.717) is 18.6 Å². The third kappa shape index (κ3) is 2.19. The number of nitrogens with two attached hydrogens (primary N) is 1. The van der Waals surface area contributed by atoms with Crippen LogP contribution in [0.5, 0.6) is 0 Å². The van der Waals surface area contributed by atoms with Crippen LogP contribution in [0.2, 0.25) is 0 Å². The molecule has 4 nitrogen and oxygen atoms in total. The molecule has 0 unspecified atom stereocenters. The summed E-state index contributed by atoms with van der Waals surface area (Å²) in [6.07, 6.45) is 0. The molecule has 1 heterocycles. The predicted molar refractivity (Wildman–Crippen MR) is 47.7 cm³/mol. The molecular formula is C8H17N3O. The topological polar surface area (TPSA) is 58.4 Å². The second kappa shape index (κ2) is 3.87. The van der Waals surface area contributed by atoms with Crippen molar-refractivity contribution in [3.05, 3.63) is 0 Å². The standard InChI is InChI=1S/C8H17N3O/c1-6(2)11(5-8(9)12)7-3-10-4-7/h6-7,10H,3-5H2,1-2H3,(H2,9,12). The Balaban J connectivity index is 2.42. The Hall–Kier alpha value is -0.610. The molecule has 70 valence electrons. The molecule has 0 radical (unpaired) electrons. The van der Waals surface area contributed by atoms with Crippen molar-refractivity contribution >= 4 is 5.91 Å². The van der Waals surface area contributed by atoms with E-state index in [1.54, 1.807) is 0 Å². The summed E-state index contributed by atoms with van der Waals surface area (Å²) in [7, 11) is 0. The highest BCUT2D eigenvalue weighted by atomic mass is 16.1. The number of hydrogen-bond donors (Lipinski definition) is 2. The van der Waals surface area contributed by atoms with E-state index >= 15 is 0 Å². The first kappa shape index (κ1) is 9.48. The van der Waals surface area contributed by atoms with Gasteiger partial charge in [-0.3, -0.25) is 9.69 Å². The Morgan fingerprint density at radius 3 is 2.50 bits per heavy atom. The van der Waals surface area contributed by atoms with Crippen molar-refractivity contribution < 1.29 is 4.79 Å². The Morgan fingerprint density at radius 1 is 1.67 bits per heavy atom. The number of rotatable bonds is 4. The normalized spacial score (nSPS) is 18.3. The average molecular weight is 171 g/mol. The van der Waals surface area contributed by atoms with E-state index in [2.05, 4.69) is 24.1 Å². The quantitative estimate of drug-likeness (QED) is 0.579. The van der Waals surface area contributed by atoms with Crippen molar-refractivity contribution in [2.75, 3.05) is 19.6 Å². The molecule has 0 aliphatic carbocycles. The fourth-order valence-corrected chi connectivity index (χ4v) is 1.42. The Kier molecular flexibility index (Phi) is 3.05. The van der Waals surface area contributed by atoms with E-state index in [1.165, 1.54) is 0 Å². The molecule has 0 atom stereocenters. The van der Waals surface area contributed by atoms with Crippen LogP contribution in [-0.4, -0.2) is 42.5 Å². The minimum absolute atomic E-state index is 0.240. The highest BCUT2D eigenvalue weighted by Crippen LogP contribution is 2.08. The maximum absolute atomic E-state index is 10.7. The van der Waals surface area contributed by atoms with Crippen LogP contribution in [0, 0.1) is 0 Å². The first-order valence-corrected chi connectivity index (χ1v) is 4.36. The summed E-state index contributed by atoms with van der Waals surface area (Å²) in [5, 5.41) is 3.18. The summed E-state index contributed by atoms with van der Waals surface area (Å²) in [4.78, 5) is 12.9. The molecule has 0 bridgehead atoms. The van der Waals surface area contributed by atoms with Crippen molar-refractivity contribution in [2.45, 2.75) is 25.9 Å². The molecule has 0 spiro atoms. The van der Waals surface area contributed by atoms with E-state index in [9.17, 15) is 4.79 Å². The fourth-order valence-electron chi connectivity index (χ4n) is 1.42. The van der Waals surface area contributed by atoms with Gasteiger partial charge in [-0.15, -0.1) is 0 Å². The highest BCUT2D eigenvalue weighted by molar-refractivity contribution is 5.76. The molecule has 1 aliphatic heterocycles. The van der Waals surface area contributed by atoms with Gasteiger partial charge in [-0.05, 0) is 13.8 Å². The van der Waals surface area contributed by atoms with Gasteiger partial charge in [0, 0.05) is 25.2 Å². The third-order valence-electron chi connectivity index (χ3n) is 2.23. The van der Waals surface area contributed by atoms with Gasteiger partial charge >= 0.3 is 0 Å². The van der Waals surface area contributed by atoms with Crippen LogP contribution in [0.1, 0.15) is 13.8 Å². The van der Waals surface area contributed by atoms with Crippen molar-refractivity contribution in [3.63, 3.8) is 0 Å². The molecular weight excluding hydrogens is 154 g/mol. The SMILES string of the molecule is CC(C)N(CC(N)=O)C1CNC1. The number of hydrogen-bond acceptors (Lipinski definition) is 3. The van der Waals surface area contributed by atoms with E-state index in [-0.39, 0.29) is 5.91 Å². The van der Waals surface area contributed by atoms with Gasteiger partial charge in [0.25, 0.3) is 0 Å². The van der Waals surface area contributed by atoms with E-state index in [1.807, 2.05) is 0 Å². The van der Waals surface area contributed by atoms with Crippen molar-refractivity contribution in [1.82, 2.24) is 10.2 Å². The molecule has 1 fully saturated rings. The monoisotopic (exact) mass is 171 g/mol. The maximum Gasteiger partial charge on any atom is 0.231 e. The summed E-state index contributed by atoms with van der Waals surface area (Å²) >= 11 is 0. The summed E-state index contributed by atoms with van der Waals surface area (Å²) in [5.41, 5.74) is 5.15. The second-order valence-electron chi connectivity index (χ2n) is 3.54. The van der Waals surface area contributed by atoms with Crippen LogP contribution in [-0.2, 0) is 4.79 Å². The molecule has 1 rings (SSSR count). The van der Waals surface area contributed by atoms with Crippen molar-refractivity contribution in [2.24, 2.45) is 5.73 Å². The molecule has 3 N–H and O–H groups in total. The first-order valence-electron chi connectivity index (χ1n) is 4.36. The smallest absolute Gasteiger partial charge is 0.231 e. The second-order valence-corrected chi connectivity index (χ2v) is 3.54. The van der Waals surface area contributed by atoms with Crippen molar-refractivity contribution in [1.29, 1.82) is 0 Å². The maximum atomic E-state index is 10.7. The molecule has 1 saturated heterocycles. The lowest BCUT2D eigenvalue weighted by Crippen LogP contribution is -2.60. The Labute approximate surface area is 73.1 Å². The zero-order valence-corrected chi connectivity index (χ0v) is 7.71. The van der Waals surface area contributed by atoms with E-state index in [4.69, 9.17) is 5.73 Å². The molecule has 1 aliphatic rings. The van der Waals surface area contributed by atoms with Crippen LogP contribution in [0.15, 0.2) is 0 Å². The molecule has 0 aromatic rings. The van der Waals surface area contributed by atoms with E-state index < -0.39 is 0 Å². The van der Waals surface area contributed by atoms with Gasteiger partial charge in [-0.2, -0.15) is 0 Å². The number of primary amides is 1. The fraction of sp³-hybridized carbons (Fsp3) is 0.875. The summed E-state index contributed by atoms with van der Waals surface area (Å²) in [6.45, 7) is 6.50. The number of carbonyl (C=O) groups is 1. The van der Waals surface area contributed by atoms with Gasteiger partial charge in [0.15, 0.2) is 0 Å². The molecule has 0 aromatic heterocycles. The Bertz CT molecular complexity index is 166. The van der Waals surface area contributed by atoms with Gasteiger partial charge in [0.05, 0.1) is 6.54 Å². The van der Waals surface area contributed by atoms with Crippen LogP contribution in [0.3, 0.4) is 0 Å². The number of nitrogens with one attached hydrogen (secondary N) is 1. The molecule has 12 heavy (non-hydrogen) atoms. The summed E-state index contributed by atoms with van der Waals surface area (Å²) < 4.78 is 0. The average Bonchev–Trinajstić information content (AvgIpc) is 1.80. The summed E-state index contributed by atoms with van der Waals surface area (Å²) in [5.74, 6) is -0.240. The van der Waals surface area contributed by atoms with Crippen LogP contribution in [0.25, 0.3) is 0 Å². The predicted octanol–water partition coefficient (Wildman–Crippen LogP) is -0.846.